The number of carbonyl (C=O) groups is 1. The molecule has 0 bridgehead atoms. The van der Waals surface area contributed by atoms with Crippen molar-refractivity contribution in [3.63, 3.8) is 0 Å². The van der Waals surface area contributed by atoms with Gasteiger partial charge in [-0.1, -0.05) is 35.5 Å². The average Bonchev–Trinajstić information content (AvgIpc) is 3.39. The third kappa shape index (κ3) is 4.13. The predicted molar refractivity (Wildman–Crippen MR) is 104 cm³/mol. The molecule has 2 aliphatic rings. The SMILES string of the molecule is O=C(NCC1CCN(C2CCSC2)CC1)c1cc(-c2ccccc2)on1. The molecule has 2 saturated heterocycles. The molecule has 3 heterocycles. The monoisotopic (exact) mass is 371 g/mol. The molecule has 1 unspecified atom stereocenters. The van der Waals surface area contributed by atoms with Crippen LogP contribution in [0.4, 0.5) is 0 Å². The highest BCUT2D eigenvalue weighted by atomic mass is 32.2. The van der Waals surface area contributed by atoms with E-state index in [0.717, 1.165) is 44.1 Å². The van der Waals surface area contributed by atoms with Crippen LogP contribution in [0.25, 0.3) is 11.3 Å². The first-order chi connectivity index (χ1) is 12.8. The Balaban J connectivity index is 1.25. The Morgan fingerprint density at radius 3 is 2.77 bits per heavy atom. The molecule has 0 aliphatic carbocycles. The molecule has 1 atom stereocenters. The Labute approximate surface area is 158 Å². The number of nitrogens with zero attached hydrogens (tertiary/aromatic N) is 2. The van der Waals surface area contributed by atoms with Crippen molar-refractivity contribution in [2.75, 3.05) is 31.1 Å². The summed E-state index contributed by atoms with van der Waals surface area (Å²) in [5.74, 6) is 3.63. The molecule has 26 heavy (non-hydrogen) atoms. The van der Waals surface area contributed by atoms with E-state index < -0.39 is 0 Å². The van der Waals surface area contributed by atoms with Crippen LogP contribution in [-0.4, -0.2) is 53.1 Å². The summed E-state index contributed by atoms with van der Waals surface area (Å²) in [5, 5.41) is 6.96. The second-order valence-corrected chi connectivity index (χ2v) is 8.30. The summed E-state index contributed by atoms with van der Waals surface area (Å²) in [5.41, 5.74) is 1.28. The van der Waals surface area contributed by atoms with Crippen LogP contribution in [0.15, 0.2) is 40.9 Å². The summed E-state index contributed by atoms with van der Waals surface area (Å²) in [6.07, 6.45) is 3.66. The lowest BCUT2D eigenvalue weighted by Crippen LogP contribution is -2.43. The van der Waals surface area contributed by atoms with Gasteiger partial charge in [-0.2, -0.15) is 11.8 Å². The minimum absolute atomic E-state index is 0.148. The molecule has 1 amide bonds. The van der Waals surface area contributed by atoms with Gasteiger partial charge in [0, 0.05) is 30.0 Å². The summed E-state index contributed by atoms with van der Waals surface area (Å²) in [4.78, 5) is 15.0. The number of thioether (sulfide) groups is 1. The summed E-state index contributed by atoms with van der Waals surface area (Å²) in [6, 6.07) is 12.2. The molecule has 0 spiro atoms. The standard InChI is InChI=1S/C20H25N3O2S/c24-20(18-12-19(25-22-18)16-4-2-1-3-5-16)21-13-15-6-9-23(10-7-15)17-8-11-26-14-17/h1-5,12,15,17H,6-11,13-14H2,(H,21,24). The van der Waals surface area contributed by atoms with Crippen molar-refractivity contribution in [1.82, 2.24) is 15.4 Å². The van der Waals surface area contributed by atoms with Crippen molar-refractivity contribution in [1.29, 1.82) is 0 Å². The van der Waals surface area contributed by atoms with Crippen LogP contribution in [0.3, 0.4) is 0 Å². The molecule has 138 valence electrons. The van der Waals surface area contributed by atoms with Gasteiger partial charge >= 0.3 is 0 Å². The molecule has 4 rings (SSSR count). The lowest BCUT2D eigenvalue weighted by molar-refractivity contribution is 0.0919. The average molecular weight is 372 g/mol. The van der Waals surface area contributed by atoms with E-state index >= 15 is 0 Å². The topological polar surface area (TPSA) is 58.4 Å². The molecular formula is C20H25N3O2S. The fraction of sp³-hybridized carbons (Fsp3) is 0.500. The Morgan fingerprint density at radius 2 is 2.04 bits per heavy atom. The highest BCUT2D eigenvalue weighted by molar-refractivity contribution is 7.99. The molecule has 2 aromatic rings. The van der Waals surface area contributed by atoms with Gasteiger partial charge in [0.15, 0.2) is 11.5 Å². The normalized spacial score (nSPS) is 21.8. The van der Waals surface area contributed by atoms with Crippen LogP contribution in [0, 0.1) is 5.92 Å². The van der Waals surface area contributed by atoms with Crippen molar-refractivity contribution in [3.8, 4) is 11.3 Å². The smallest absolute Gasteiger partial charge is 0.273 e. The first-order valence-electron chi connectivity index (χ1n) is 9.42. The highest BCUT2D eigenvalue weighted by Crippen LogP contribution is 2.26. The van der Waals surface area contributed by atoms with E-state index in [1.807, 2.05) is 30.3 Å². The molecule has 2 fully saturated rings. The second kappa shape index (κ2) is 8.27. The lowest BCUT2D eigenvalue weighted by Gasteiger charge is -2.35. The number of hydrogen-bond donors (Lipinski definition) is 1. The number of benzene rings is 1. The van der Waals surface area contributed by atoms with E-state index in [1.54, 1.807) is 6.07 Å². The van der Waals surface area contributed by atoms with E-state index in [9.17, 15) is 4.79 Å². The molecule has 1 N–H and O–H groups in total. The second-order valence-electron chi connectivity index (χ2n) is 7.15. The summed E-state index contributed by atoms with van der Waals surface area (Å²) in [7, 11) is 0. The Kier molecular flexibility index (Phi) is 5.60. The highest BCUT2D eigenvalue weighted by Gasteiger charge is 2.27. The van der Waals surface area contributed by atoms with Gasteiger partial charge in [-0.15, -0.1) is 0 Å². The lowest BCUT2D eigenvalue weighted by atomic mass is 9.95. The van der Waals surface area contributed by atoms with Crippen molar-refractivity contribution in [2.24, 2.45) is 5.92 Å². The molecule has 5 nitrogen and oxygen atoms in total. The first-order valence-corrected chi connectivity index (χ1v) is 10.6. The van der Waals surface area contributed by atoms with E-state index in [2.05, 4.69) is 27.1 Å². The number of amides is 1. The maximum absolute atomic E-state index is 12.4. The third-order valence-corrected chi connectivity index (χ3v) is 6.57. The van der Waals surface area contributed by atoms with E-state index in [0.29, 0.717) is 17.4 Å². The number of nitrogens with one attached hydrogen (secondary N) is 1. The summed E-state index contributed by atoms with van der Waals surface area (Å²) >= 11 is 2.07. The molecule has 2 aliphatic heterocycles. The zero-order chi connectivity index (χ0) is 17.8. The van der Waals surface area contributed by atoms with Crippen molar-refractivity contribution in [2.45, 2.75) is 25.3 Å². The zero-order valence-corrected chi connectivity index (χ0v) is 15.7. The van der Waals surface area contributed by atoms with Gasteiger partial charge in [0.1, 0.15) is 0 Å². The zero-order valence-electron chi connectivity index (χ0n) is 14.9. The van der Waals surface area contributed by atoms with Gasteiger partial charge < -0.3 is 9.84 Å². The minimum atomic E-state index is -0.148. The van der Waals surface area contributed by atoms with Crippen LogP contribution >= 0.6 is 11.8 Å². The Morgan fingerprint density at radius 1 is 1.23 bits per heavy atom. The van der Waals surface area contributed by atoms with Crippen LogP contribution in [0.1, 0.15) is 29.8 Å². The van der Waals surface area contributed by atoms with Crippen LogP contribution in [0.2, 0.25) is 0 Å². The molecule has 1 aromatic heterocycles. The van der Waals surface area contributed by atoms with Crippen LogP contribution in [0.5, 0.6) is 0 Å². The molecule has 6 heteroatoms. The maximum Gasteiger partial charge on any atom is 0.273 e. The number of likely N-dealkylation sites (tertiary alicyclic amines) is 1. The third-order valence-electron chi connectivity index (χ3n) is 5.42. The van der Waals surface area contributed by atoms with E-state index in [-0.39, 0.29) is 5.91 Å². The number of rotatable bonds is 5. The predicted octanol–water partition coefficient (Wildman–Crippen LogP) is 3.29. The quantitative estimate of drug-likeness (QED) is 0.874. The fourth-order valence-corrected chi connectivity index (χ4v) is 5.04. The summed E-state index contributed by atoms with van der Waals surface area (Å²) in [6.45, 7) is 3.04. The fourth-order valence-electron chi connectivity index (χ4n) is 3.78. The largest absolute Gasteiger partial charge is 0.355 e. The number of carbonyl (C=O) groups excluding carboxylic acids is 1. The van der Waals surface area contributed by atoms with Crippen molar-refractivity contribution < 1.29 is 9.32 Å². The number of aromatic nitrogens is 1. The number of piperidine rings is 1. The first kappa shape index (κ1) is 17.6. The molecule has 1 aromatic carbocycles. The summed E-state index contributed by atoms with van der Waals surface area (Å²) < 4.78 is 5.32. The van der Waals surface area contributed by atoms with Gasteiger partial charge in [-0.05, 0) is 44.0 Å². The van der Waals surface area contributed by atoms with E-state index in [1.165, 1.54) is 17.9 Å². The maximum atomic E-state index is 12.4. The Bertz CT molecular complexity index is 720. The van der Waals surface area contributed by atoms with Crippen molar-refractivity contribution >= 4 is 17.7 Å². The van der Waals surface area contributed by atoms with Gasteiger partial charge in [0.25, 0.3) is 5.91 Å². The van der Waals surface area contributed by atoms with Crippen LogP contribution in [-0.2, 0) is 0 Å². The van der Waals surface area contributed by atoms with Crippen molar-refractivity contribution in [3.05, 3.63) is 42.1 Å². The van der Waals surface area contributed by atoms with Gasteiger partial charge in [0.05, 0.1) is 0 Å². The number of hydrogen-bond acceptors (Lipinski definition) is 5. The van der Waals surface area contributed by atoms with Crippen LogP contribution < -0.4 is 5.32 Å². The van der Waals surface area contributed by atoms with E-state index in [4.69, 9.17) is 4.52 Å². The van der Waals surface area contributed by atoms with Gasteiger partial charge in [0.2, 0.25) is 0 Å². The Hall–Kier alpha value is -1.79. The van der Waals surface area contributed by atoms with Gasteiger partial charge in [-0.3, -0.25) is 9.69 Å². The molecule has 0 radical (unpaired) electrons. The molecule has 0 saturated carbocycles. The van der Waals surface area contributed by atoms with Gasteiger partial charge in [-0.25, -0.2) is 0 Å². The molecular weight excluding hydrogens is 346 g/mol. The minimum Gasteiger partial charge on any atom is -0.355 e.